The zero-order valence-corrected chi connectivity index (χ0v) is 8.48. The molecule has 0 aliphatic rings. The van der Waals surface area contributed by atoms with E-state index in [2.05, 4.69) is 0 Å². The summed E-state index contributed by atoms with van der Waals surface area (Å²) in [6, 6.07) is 4.31. The summed E-state index contributed by atoms with van der Waals surface area (Å²) in [7, 11) is 0. The first-order chi connectivity index (χ1) is 7.29. The lowest BCUT2D eigenvalue weighted by molar-refractivity contribution is -0.289. The Morgan fingerprint density at radius 1 is 1.12 bits per heavy atom. The van der Waals surface area contributed by atoms with E-state index >= 15 is 0 Å². The van der Waals surface area contributed by atoms with Gasteiger partial charge in [0.15, 0.2) is 0 Å². The summed E-state index contributed by atoms with van der Waals surface area (Å²) in [5.74, 6) is -4.80. The molecule has 0 aliphatic carbocycles. The van der Waals surface area contributed by atoms with Gasteiger partial charge in [0.2, 0.25) is 0 Å². The molecule has 5 heteroatoms. The van der Waals surface area contributed by atoms with Crippen LogP contribution in [0.25, 0.3) is 0 Å². The standard InChI is InChI=1S/C11H10F5/c1-2-4-8-5-3-6-9(7-8)10(12,13)11(14,15)16/h3-7H,2H2,1H3. The van der Waals surface area contributed by atoms with Crippen molar-refractivity contribution in [1.82, 2.24) is 0 Å². The van der Waals surface area contributed by atoms with Crippen molar-refractivity contribution in [3.8, 4) is 0 Å². The lowest BCUT2D eigenvalue weighted by atomic mass is 10.0. The van der Waals surface area contributed by atoms with Crippen LogP contribution in [0.1, 0.15) is 24.5 Å². The second-order valence-electron chi connectivity index (χ2n) is 3.31. The van der Waals surface area contributed by atoms with Crippen molar-refractivity contribution in [2.75, 3.05) is 0 Å². The zero-order valence-electron chi connectivity index (χ0n) is 8.48. The van der Waals surface area contributed by atoms with E-state index in [1.807, 2.05) is 0 Å². The third-order valence-electron chi connectivity index (χ3n) is 2.05. The number of halogens is 5. The molecule has 0 heterocycles. The minimum atomic E-state index is -5.56. The fraction of sp³-hybridized carbons (Fsp3) is 0.364. The largest absolute Gasteiger partial charge is 0.458 e. The maximum absolute atomic E-state index is 12.9. The summed E-state index contributed by atoms with van der Waals surface area (Å²) in [6.07, 6.45) is -3.41. The van der Waals surface area contributed by atoms with E-state index < -0.39 is 17.7 Å². The first-order valence-corrected chi connectivity index (χ1v) is 4.67. The zero-order chi connectivity index (χ0) is 12.4. The van der Waals surface area contributed by atoms with Crippen molar-refractivity contribution in [2.45, 2.75) is 25.4 Å². The van der Waals surface area contributed by atoms with Crippen LogP contribution >= 0.6 is 0 Å². The molecule has 0 aromatic heterocycles. The minimum absolute atomic E-state index is 0.365. The van der Waals surface area contributed by atoms with Gasteiger partial charge in [-0.3, -0.25) is 0 Å². The minimum Gasteiger partial charge on any atom is -0.191 e. The number of rotatable bonds is 3. The molecule has 16 heavy (non-hydrogen) atoms. The quantitative estimate of drug-likeness (QED) is 0.687. The molecule has 0 fully saturated rings. The Morgan fingerprint density at radius 2 is 1.75 bits per heavy atom. The third-order valence-corrected chi connectivity index (χ3v) is 2.05. The molecular formula is C11H10F5. The molecule has 0 unspecified atom stereocenters. The molecule has 0 saturated carbocycles. The van der Waals surface area contributed by atoms with Crippen LogP contribution < -0.4 is 0 Å². The Labute approximate surface area is 90.1 Å². The van der Waals surface area contributed by atoms with Crippen molar-refractivity contribution < 1.29 is 22.0 Å². The van der Waals surface area contributed by atoms with Crippen molar-refractivity contribution in [1.29, 1.82) is 0 Å². The van der Waals surface area contributed by atoms with Gasteiger partial charge in [-0.05, 0) is 24.5 Å². The molecule has 89 valence electrons. The van der Waals surface area contributed by atoms with Gasteiger partial charge < -0.3 is 0 Å². The highest BCUT2D eigenvalue weighted by atomic mass is 19.4. The van der Waals surface area contributed by atoms with Crippen LogP contribution in [0.5, 0.6) is 0 Å². The van der Waals surface area contributed by atoms with Crippen molar-refractivity contribution in [3.63, 3.8) is 0 Å². The SMILES string of the molecule is CC[CH]c1cccc(C(F)(F)C(F)(F)F)c1. The van der Waals surface area contributed by atoms with Gasteiger partial charge >= 0.3 is 12.1 Å². The van der Waals surface area contributed by atoms with Crippen molar-refractivity contribution >= 4 is 0 Å². The average Bonchev–Trinajstić information content (AvgIpc) is 2.17. The molecule has 1 aromatic carbocycles. The molecule has 1 rings (SSSR count). The third kappa shape index (κ3) is 2.51. The van der Waals surface area contributed by atoms with Crippen LogP contribution in [0.15, 0.2) is 24.3 Å². The molecule has 0 bridgehead atoms. The molecule has 0 aliphatic heterocycles. The van der Waals surface area contributed by atoms with E-state index in [4.69, 9.17) is 0 Å². The van der Waals surface area contributed by atoms with Gasteiger partial charge in [0.1, 0.15) is 0 Å². The molecule has 0 spiro atoms. The smallest absolute Gasteiger partial charge is 0.191 e. The number of alkyl halides is 5. The second-order valence-corrected chi connectivity index (χ2v) is 3.31. The van der Waals surface area contributed by atoms with Gasteiger partial charge in [-0.15, -0.1) is 0 Å². The molecule has 1 radical (unpaired) electrons. The van der Waals surface area contributed by atoms with Gasteiger partial charge in [0.05, 0.1) is 0 Å². The van der Waals surface area contributed by atoms with Gasteiger partial charge in [0, 0.05) is 5.56 Å². The monoisotopic (exact) mass is 237 g/mol. The van der Waals surface area contributed by atoms with Crippen molar-refractivity contribution in [2.24, 2.45) is 0 Å². The highest BCUT2D eigenvalue weighted by Gasteiger charge is 2.58. The Balaban J connectivity index is 3.08. The fourth-order valence-corrected chi connectivity index (χ4v) is 1.26. The van der Waals surface area contributed by atoms with Crippen LogP contribution in [0, 0.1) is 6.42 Å². The van der Waals surface area contributed by atoms with Crippen LogP contribution in [0.4, 0.5) is 22.0 Å². The Hall–Kier alpha value is -1.13. The molecule has 0 N–H and O–H groups in total. The van der Waals surface area contributed by atoms with Crippen LogP contribution in [0.2, 0.25) is 0 Å². The molecule has 0 amide bonds. The maximum Gasteiger partial charge on any atom is 0.458 e. The van der Waals surface area contributed by atoms with Gasteiger partial charge in [0.25, 0.3) is 0 Å². The number of benzene rings is 1. The number of hydrogen-bond donors (Lipinski definition) is 0. The lowest BCUT2D eigenvalue weighted by Gasteiger charge is -2.20. The Bertz CT molecular complexity index is 354. The van der Waals surface area contributed by atoms with Crippen LogP contribution in [-0.2, 0) is 5.92 Å². The van der Waals surface area contributed by atoms with Crippen molar-refractivity contribution in [3.05, 3.63) is 41.8 Å². The predicted molar refractivity (Wildman–Crippen MR) is 50.1 cm³/mol. The van der Waals surface area contributed by atoms with Gasteiger partial charge in [-0.1, -0.05) is 25.1 Å². The Kier molecular flexibility index (Phi) is 3.55. The first-order valence-electron chi connectivity index (χ1n) is 4.67. The Morgan fingerprint density at radius 3 is 2.25 bits per heavy atom. The average molecular weight is 237 g/mol. The normalized spacial score (nSPS) is 12.9. The summed E-state index contributed by atoms with van der Waals surface area (Å²) in [6.45, 7) is 1.77. The highest BCUT2D eigenvalue weighted by Crippen LogP contribution is 2.43. The predicted octanol–water partition coefficient (Wildman–Crippen LogP) is 4.30. The van der Waals surface area contributed by atoms with E-state index in [1.54, 1.807) is 13.3 Å². The fourth-order valence-electron chi connectivity index (χ4n) is 1.26. The summed E-state index contributed by atoms with van der Waals surface area (Å²) < 4.78 is 62.1. The number of hydrogen-bond acceptors (Lipinski definition) is 0. The molecular weight excluding hydrogens is 227 g/mol. The van der Waals surface area contributed by atoms with Crippen LogP contribution in [-0.4, -0.2) is 6.18 Å². The highest BCUT2D eigenvalue weighted by molar-refractivity contribution is 5.31. The second kappa shape index (κ2) is 4.39. The van der Waals surface area contributed by atoms with Crippen LogP contribution in [0.3, 0.4) is 0 Å². The summed E-state index contributed by atoms with van der Waals surface area (Å²) in [5, 5.41) is 0. The first kappa shape index (κ1) is 12.9. The van der Waals surface area contributed by atoms with E-state index in [0.717, 1.165) is 12.1 Å². The molecule has 0 saturated heterocycles. The van der Waals surface area contributed by atoms with E-state index in [-0.39, 0.29) is 0 Å². The topological polar surface area (TPSA) is 0 Å². The van der Waals surface area contributed by atoms with Gasteiger partial charge in [-0.2, -0.15) is 22.0 Å². The maximum atomic E-state index is 12.9. The molecule has 1 aromatic rings. The van der Waals surface area contributed by atoms with E-state index in [0.29, 0.717) is 12.0 Å². The molecule has 0 atom stereocenters. The van der Waals surface area contributed by atoms with Gasteiger partial charge in [-0.25, -0.2) is 0 Å². The molecule has 0 nitrogen and oxygen atoms in total. The summed E-state index contributed by atoms with van der Waals surface area (Å²) >= 11 is 0. The van der Waals surface area contributed by atoms with E-state index in [9.17, 15) is 22.0 Å². The lowest BCUT2D eigenvalue weighted by Crippen LogP contribution is -2.33. The summed E-state index contributed by atoms with van der Waals surface area (Å²) in [5.41, 5.74) is -0.661. The summed E-state index contributed by atoms with van der Waals surface area (Å²) in [4.78, 5) is 0. The van der Waals surface area contributed by atoms with E-state index in [1.165, 1.54) is 12.1 Å².